The number of nitrogens with one attached hydrogen (secondary N) is 1. The van der Waals surface area contributed by atoms with E-state index in [1.165, 1.54) is 90.4 Å². The second-order valence-corrected chi connectivity index (χ2v) is 8.63. The number of aliphatic hydroxyl groups is 1. The quantitative estimate of drug-likeness (QED) is 0.281. The third-order valence-corrected chi connectivity index (χ3v) is 5.77. The maximum absolute atomic E-state index is 11.4. The Bertz CT molecular complexity index is 489. The van der Waals surface area contributed by atoms with E-state index < -0.39 is 6.10 Å². The number of aliphatic hydroxyl groups excluding tert-OH is 1. The van der Waals surface area contributed by atoms with Gasteiger partial charge in [0.1, 0.15) is 11.9 Å². The number of aliphatic imine (C=N–C) groups is 1. The van der Waals surface area contributed by atoms with Crippen molar-refractivity contribution in [2.24, 2.45) is 4.99 Å². The summed E-state index contributed by atoms with van der Waals surface area (Å²) >= 11 is 0. The van der Waals surface area contributed by atoms with Crippen LogP contribution in [-0.4, -0.2) is 54.0 Å². The van der Waals surface area contributed by atoms with E-state index in [0.717, 1.165) is 31.9 Å². The molecule has 1 unspecified atom stereocenters. The summed E-state index contributed by atoms with van der Waals surface area (Å²) in [5.41, 5.74) is 0. The largest absolute Gasteiger partial charge is 0.384 e. The first-order valence-corrected chi connectivity index (χ1v) is 12.6. The van der Waals surface area contributed by atoms with E-state index >= 15 is 0 Å². The third-order valence-electron chi connectivity index (χ3n) is 5.77. The lowest BCUT2D eigenvalue weighted by atomic mass is 10.0. The van der Waals surface area contributed by atoms with Crippen LogP contribution >= 0.6 is 0 Å². The Hall–Kier alpha value is -1.36. The van der Waals surface area contributed by atoms with Crippen LogP contribution in [0.2, 0.25) is 0 Å². The number of hydrogen-bond donors (Lipinski definition) is 2. The Morgan fingerprint density at radius 1 is 1.03 bits per heavy atom. The summed E-state index contributed by atoms with van der Waals surface area (Å²) in [6, 6.07) is 0. The molecule has 0 saturated carbocycles. The monoisotopic (exact) mass is 421 g/mol. The van der Waals surface area contributed by atoms with Gasteiger partial charge in [0.2, 0.25) is 5.91 Å². The number of carbonyl (C=O) groups is 1. The van der Waals surface area contributed by atoms with E-state index in [1.807, 2.05) is 0 Å². The van der Waals surface area contributed by atoms with Crippen LogP contribution in [0.3, 0.4) is 0 Å². The molecule has 174 valence electrons. The second-order valence-electron chi connectivity index (χ2n) is 8.63. The smallest absolute Gasteiger partial charge is 0.248 e. The van der Waals surface area contributed by atoms with Gasteiger partial charge in [0.25, 0.3) is 0 Å². The molecule has 1 aliphatic rings. The molecule has 0 spiro atoms. The van der Waals surface area contributed by atoms with Crippen molar-refractivity contribution in [1.82, 2.24) is 10.2 Å². The van der Waals surface area contributed by atoms with Gasteiger partial charge in [0.15, 0.2) is 0 Å². The van der Waals surface area contributed by atoms with Crippen molar-refractivity contribution in [3.8, 4) is 0 Å². The molecule has 1 aliphatic heterocycles. The molecule has 5 nitrogen and oxygen atoms in total. The minimum Gasteiger partial charge on any atom is -0.384 e. The average molecular weight is 422 g/mol. The van der Waals surface area contributed by atoms with Crippen LogP contribution < -0.4 is 5.32 Å². The molecule has 0 aromatic heterocycles. The maximum atomic E-state index is 11.4. The summed E-state index contributed by atoms with van der Waals surface area (Å²) < 4.78 is 0. The molecule has 1 heterocycles. The third kappa shape index (κ3) is 13.8. The van der Waals surface area contributed by atoms with E-state index in [0.29, 0.717) is 6.54 Å². The minimum atomic E-state index is -0.947. The first kappa shape index (κ1) is 26.7. The zero-order valence-corrected chi connectivity index (χ0v) is 19.7. The van der Waals surface area contributed by atoms with Gasteiger partial charge in [-0.1, -0.05) is 90.0 Å². The zero-order valence-electron chi connectivity index (χ0n) is 19.7. The molecule has 0 bridgehead atoms. The summed E-state index contributed by atoms with van der Waals surface area (Å²) in [7, 11) is 0. The molecule has 1 atom stereocenters. The minimum absolute atomic E-state index is 0.314. The number of nitrogens with zero attached hydrogens (tertiary/aromatic N) is 2. The fourth-order valence-electron chi connectivity index (χ4n) is 3.81. The van der Waals surface area contributed by atoms with Crippen molar-refractivity contribution in [3.05, 3.63) is 12.2 Å². The van der Waals surface area contributed by atoms with Crippen LogP contribution in [0.15, 0.2) is 17.1 Å². The molecule has 0 aromatic carbocycles. The Morgan fingerprint density at radius 2 is 1.60 bits per heavy atom. The van der Waals surface area contributed by atoms with Crippen molar-refractivity contribution in [3.63, 3.8) is 0 Å². The number of allylic oxidation sites excluding steroid dienone is 1. The Balaban J connectivity index is 1.94. The van der Waals surface area contributed by atoms with Crippen molar-refractivity contribution in [2.75, 3.05) is 26.2 Å². The molecule has 1 amide bonds. The molecule has 1 rings (SSSR count). The predicted molar refractivity (Wildman–Crippen MR) is 128 cm³/mol. The van der Waals surface area contributed by atoms with Gasteiger partial charge in [0, 0.05) is 19.6 Å². The van der Waals surface area contributed by atoms with E-state index in [1.54, 1.807) is 0 Å². The molecule has 0 aliphatic carbocycles. The van der Waals surface area contributed by atoms with Crippen LogP contribution in [-0.2, 0) is 4.79 Å². The second kappa shape index (κ2) is 18.4. The fourth-order valence-corrected chi connectivity index (χ4v) is 3.81. The van der Waals surface area contributed by atoms with Gasteiger partial charge in [-0.2, -0.15) is 0 Å². The lowest BCUT2D eigenvalue weighted by Gasteiger charge is -2.19. The number of rotatable bonds is 19. The number of unbranched alkanes of at least 4 members (excludes halogenated alkanes) is 13. The lowest BCUT2D eigenvalue weighted by Crippen LogP contribution is -2.39. The number of amides is 1. The maximum Gasteiger partial charge on any atom is 0.248 e. The van der Waals surface area contributed by atoms with Gasteiger partial charge in [-0.25, -0.2) is 0 Å². The highest BCUT2D eigenvalue weighted by Crippen LogP contribution is 2.13. The van der Waals surface area contributed by atoms with E-state index in [4.69, 9.17) is 0 Å². The predicted octanol–water partition coefficient (Wildman–Crippen LogP) is 5.24. The average Bonchev–Trinajstić information content (AvgIpc) is 3.18. The highest BCUT2D eigenvalue weighted by molar-refractivity contribution is 5.94. The van der Waals surface area contributed by atoms with Crippen molar-refractivity contribution >= 4 is 11.7 Å². The van der Waals surface area contributed by atoms with Gasteiger partial charge in [-0.15, -0.1) is 0 Å². The van der Waals surface area contributed by atoms with Gasteiger partial charge in [-0.3, -0.25) is 9.79 Å². The Labute approximate surface area is 185 Å². The molecule has 30 heavy (non-hydrogen) atoms. The summed E-state index contributed by atoms with van der Waals surface area (Å²) in [4.78, 5) is 18.1. The topological polar surface area (TPSA) is 64.9 Å². The summed E-state index contributed by atoms with van der Waals surface area (Å²) in [6.07, 6.45) is 22.6. The fraction of sp³-hybridized carbons (Fsp3) is 0.840. The molecule has 0 saturated heterocycles. The SMILES string of the molecule is CCCCCCCCCCCCCCCC=CC1=NCCN1CCNC(=O)C(C)O. The van der Waals surface area contributed by atoms with Crippen LogP contribution in [0.1, 0.15) is 104 Å². The molecule has 5 heteroatoms. The van der Waals surface area contributed by atoms with Crippen LogP contribution in [0.4, 0.5) is 0 Å². The first-order valence-electron chi connectivity index (χ1n) is 12.6. The molecular weight excluding hydrogens is 374 g/mol. The highest BCUT2D eigenvalue weighted by atomic mass is 16.3. The van der Waals surface area contributed by atoms with E-state index in [-0.39, 0.29) is 5.91 Å². The van der Waals surface area contributed by atoms with Gasteiger partial charge in [0.05, 0.1) is 6.54 Å². The van der Waals surface area contributed by atoms with Gasteiger partial charge >= 0.3 is 0 Å². The molecular formula is C25H47N3O2. The van der Waals surface area contributed by atoms with Crippen LogP contribution in [0.5, 0.6) is 0 Å². The van der Waals surface area contributed by atoms with Gasteiger partial charge < -0.3 is 15.3 Å². The highest BCUT2D eigenvalue weighted by Gasteiger charge is 2.14. The summed E-state index contributed by atoms with van der Waals surface area (Å²) in [5.74, 6) is 0.710. The van der Waals surface area contributed by atoms with Crippen molar-refractivity contribution in [2.45, 2.75) is 110 Å². The number of hydrogen-bond acceptors (Lipinski definition) is 4. The Morgan fingerprint density at radius 3 is 2.17 bits per heavy atom. The standard InChI is InChI=1S/C25H47N3O2/c1-3-4-5-6-7-8-9-10-11-12-13-14-15-16-17-18-24-26-19-21-28(24)22-20-27-25(30)23(2)29/h17-18,23,29H,3-16,19-22H2,1-2H3,(H,27,30). The summed E-state index contributed by atoms with van der Waals surface area (Å²) in [6.45, 7) is 6.76. The van der Waals surface area contributed by atoms with E-state index in [2.05, 4.69) is 34.3 Å². The number of amidine groups is 1. The molecule has 2 N–H and O–H groups in total. The van der Waals surface area contributed by atoms with Crippen molar-refractivity contribution < 1.29 is 9.90 Å². The lowest BCUT2D eigenvalue weighted by molar-refractivity contribution is -0.128. The molecule has 0 radical (unpaired) electrons. The first-order chi connectivity index (χ1) is 14.6. The van der Waals surface area contributed by atoms with Gasteiger partial charge in [-0.05, 0) is 25.8 Å². The van der Waals surface area contributed by atoms with Crippen molar-refractivity contribution in [1.29, 1.82) is 0 Å². The normalized spacial score (nSPS) is 15.0. The Kier molecular flexibility index (Phi) is 16.4. The number of carbonyl (C=O) groups excluding carboxylic acids is 1. The van der Waals surface area contributed by atoms with Crippen LogP contribution in [0, 0.1) is 0 Å². The van der Waals surface area contributed by atoms with E-state index in [9.17, 15) is 9.90 Å². The zero-order chi connectivity index (χ0) is 21.9. The molecule has 0 aromatic rings. The molecule has 0 fully saturated rings. The summed E-state index contributed by atoms with van der Waals surface area (Å²) in [5, 5.41) is 11.9. The van der Waals surface area contributed by atoms with Crippen LogP contribution in [0.25, 0.3) is 0 Å².